The number of ether oxygens (including phenoxy) is 1. The second-order valence-electron chi connectivity index (χ2n) is 9.37. The molecule has 1 atom stereocenters. The van der Waals surface area contributed by atoms with Gasteiger partial charge >= 0.3 is 0 Å². The summed E-state index contributed by atoms with van der Waals surface area (Å²) in [5, 5.41) is 2.11. The molecule has 3 rings (SSSR count). The molecule has 174 valence electrons. The molecule has 0 saturated heterocycles. The standard InChI is InChI=1S/C25H30N2O5Si/c1-27(25(30)22-15-23(29)26-32-22)24(19-10-12-20(31-2)13-11-19)21(28)14-17-6-8-18(9-7-17)16-33(3,4)5/h6-13,15,24H,14,16H2,1-5H3,(H,26,29). The molecule has 7 nitrogen and oxygen atoms in total. The number of aromatic amines is 1. The van der Waals surface area contributed by atoms with Gasteiger partial charge in [-0.15, -0.1) is 0 Å². The van der Waals surface area contributed by atoms with Gasteiger partial charge in [-0.1, -0.05) is 61.6 Å². The van der Waals surface area contributed by atoms with Crippen LogP contribution in [0.2, 0.25) is 19.6 Å². The number of carbonyl (C=O) groups excluding carboxylic acids is 2. The fourth-order valence-electron chi connectivity index (χ4n) is 3.78. The van der Waals surface area contributed by atoms with Crippen molar-refractivity contribution in [2.75, 3.05) is 14.2 Å². The van der Waals surface area contributed by atoms with Gasteiger partial charge in [0, 0.05) is 21.5 Å². The maximum Gasteiger partial charge on any atom is 0.293 e. The Bertz CT molecular complexity index is 1160. The topological polar surface area (TPSA) is 92.6 Å². The average Bonchev–Trinajstić information content (AvgIpc) is 3.20. The molecule has 0 saturated carbocycles. The second-order valence-corrected chi connectivity index (χ2v) is 14.8. The average molecular weight is 467 g/mol. The third kappa shape index (κ3) is 6.32. The predicted molar refractivity (Wildman–Crippen MR) is 129 cm³/mol. The number of rotatable bonds is 9. The Morgan fingerprint density at radius 1 is 1.03 bits per heavy atom. The summed E-state index contributed by atoms with van der Waals surface area (Å²) in [4.78, 5) is 39.1. The van der Waals surface area contributed by atoms with E-state index in [9.17, 15) is 14.4 Å². The van der Waals surface area contributed by atoms with E-state index in [1.807, 2.05) is 12.1 Å². The molecule has 1 unspecified atom stereocenters. The van der Waals surface area contributed by atoms with Gasteiger partial charge in [0.25, 0.3) is 11.5 Å². The number of carbonyl (C=O) groups is 2. The van der Waals surface area contributed by atoms with Crippen LogP contribution in [0.4, 0.5) is 0 Å². The van der Waals surface area contributed by atoms with Crippen LogP contribution in [0.25, 0.3) is 0 Å². The number of H-pyrrole nitrogens is 1. The summed E-state index contributed by atoms with van der Waals surface area (Å²) in [7, 11) is 1.86. The molecule has 0 radical (unpaired) electrons. The van der Waals surface area contributed by atoms with Crippen LogP contribution in [0.15, 0.2) is 63.9 Å². The molecule has 1 aromatic heterocycles. The SMILES string of the molecule is COc1ccc(C(C(=O)Cc2ccc(C[Si](C)(C)C)cc2)N(C)C(=O)c2cc(=O)[nH]o2)cc1. The highest BCUT2D eigenvalue weighted by Crippen LogP contribution is 2.26. The number of hydrogen-bond donors (Lipinski definition) is 1. The Hall–Kier alpha value is -3.39. The summed E-state index contributed by atoms with van der Waals surface area (Å²) in [5.41, 5.74) is 2.28. The minimum Gasteiger partial charge on any atom is -0.497 e. The Kier molecular flexibility index (Phi) is 7.38. The van der Waals surface area contributed by atoms with Crippen molar-refractivity contribution < 1.29 is 18.8 Å². The first kappa shape index (κ1) is 24.3. The molecule has 1 amide bonds. The first-order valence-corrected chi connectivity index (χ1v) is 14.5. The summed E-state index contributed by atoms with van der Waals surface area (Å²) in [6.07, 6.45) is 0.165. The van der Waals surface area contributed by atoms with Crippen molar-refractivity contribution in [3.05, 3.63) is 87.4 Å². The quantitative estimate of drug-likeness (QED) is 0.481. The molecule has 0 aliphatic heterocycles. The van der Waals surface area contributed by atoms with Crippen molar-refractivity contribution in [2.45, 2.75) is 38.1 Å². The zero-order chi connectivity index (χ0) is 24.2. The molecule has 0 bridgehead atoms. The van der Waals surface area contributed by atoms with Crippen molar-refractivity contribution in [2.24, 2.45) is 0 Å². The molecule has 3 aromatic rings. The predicted octanol–water partition coefficient (Wildman–Crippen LogP) is 4.02. The van der Waals surface area contributed by atoms with Crippen molar-refractivity contribution in [1.29, 1.82) is 0 Å². The van der Waals surface area contributed by atoms with Crippen molar-refractivity contribution in [3.63, 3.8) is 0 Å². The minimum absolute atomic E-state index is 0.146. The van der Waals surface area contributed by atoms with Crippen LogP contribution in [0.5, 0.6) is 5.75 Å². The number of aromatic nitrogens is 1. The van der Waals surface area contributed by atoms with Crippen molar-refractivity contribution in [3.8, 4) is 5.75 Å². The first-order chi connectivity index (χ1) is 15.6. The van der Waals surface area contributed by atoms with E-state index in [-0.39, 0.29) is 18.0 Å². The van der Waals surface area contributed by atoms with Gasteiger partial charge < -0.3 is 14.2 Å². The van der Waals surface area contributed by atoms with E-state index in [1.54, 1.807) is 31.4 Å². The van der Waals surface area contributed by atoms with Gasteiger partial charge in [-0.3, -0.25) is 14.4 Å². The Balaban J connectivity index is 1.87. The smallest absolute Gasteiger partial charge is 0.293 e. The summed E-state index contributed by atoms with van der Waals surface area (Å²) in [6.45, 7) is 6.97. The van der Waals surface area contributed by atoms with Crippen LogP contribution in [0.3, 0.4) is 0 Å². The lowest BCUT2D eigenvalue weighted by Crippen LogP contribution is -2.36. The van der Waals surface area contributed by atoms with Gasteiger partial charge in [0.2, 0.25) is 5.76 Å². The molecule has 33 heavy (non-hydrogen) atoms. The normalized spacial score (nSPS) is 12.3. The maximum atomic E-state index is 13.4. The lowest BCUT2D eigenvalue weighted by atomic mass is 9.95. The summed E-state index contributed by atoms with van der Waals surface area (Å²) in [5.74, 6) is -0.210. The Morgan fingerprint density at radius 3 is 2.15 bits per heavy atom. The minimum atomic E-state index is -1.23. The van der Waals surface area contributed by atoms with Crippen LogP contribution < -0.4 is 10.3 Å². The van der Waals surface area contributed by atoms with E-state index < -0.39 is 25.6 Å². The van der Waals surface area contributed by atoms with Gasteiger partial charge in [0.15, 0.2) is 5.78 Å². The van der Waals surface area contributed by atoms with Gasteiger partial charge in [-0.25, -0.2) is 0 Å². The summed E-state index contributed by atoms with van der Waals surface area (Å²) >= 11 is 0. The molecule has 1 N–H and O–H groups in total. The van der Waals surface area contributed by atoms with Gasteiger partial charge in [0.05, 0.1) is 13.2 Å². The maximum absolute atomic E-state index is 13.4. The van der Waals surface area contributed by atoms with E-state index in [0.29, 0.717) is 11.3 Å². The lowest BCUT2D eigenvalue weighted by Gasteiger charge is -2.27. The van der Waals surface area contributed by atoms with Crippen molar-refractivity contribution in [1.82, 2.24) is 10.1 Å². The number of methoxy groups -OCH3 is 1. The number of Topliss-reactive ketones (excluding diaryl/α,β-unsaturated/α-hetero) is 1. The van der Waals surface area contributed by atoms with E-state index in [0.717, 1.165) is 17.7 Å². The van der Waals surface area contributed by atoms with E-state index in [2.05, 4.69) is 36.9 Å². The second kappa shape index (κ2) is 10.0. The highest BCUT2D eigenvalue weighted by molar-refractivity contribution is 6.75. The third-order valence-electron chi connectivity index (χ3n) is 5.31. The zero-order valence-corrected chi connectivity index (χ0v) is 20.7. The fraction of sp³-hybridized carbons (Fsp3) is 0.320. The van der Waals surface area contributed by atoms with Gasteiger partial charge in [-0.05, 0) is 29.3 Å². The van der Waals surface area contributed by atoms with E-state index >= 15 is 0 Å². The first-order valence-electron chi connectivity index (χ1n) is 10.8. The Labute approximate surface area is 194 Å². The fourth-order valence-corrected chi connectivity index (χ4v) is 5.24. The number of nitrogens with one attached hydrogen (secondary N) is 1. The number of ketones is 1. The summed E-state index contributed by atoms with van der Waals surface area (Å²) in [6, 6.07) is 16.4. The molecule has 0 aliphatic carbocycles. The van der Waals surface area contributed by atoms with Gasteiger partial charge in [0.1, 0.15) is 11.8 Å². The van der Waals surface area contributed by atoms with E-state index in [4.69, 9.17) is 9.26 Å². The molecule has 1 heterocycles. The van der Waals surface area contributed by atoms with Gasteiger partial charge in [-0.2, -0.15) is 5.16 Å². The zero-order valence-electron chi connectivity index (χ0n) is 19.7. The van der Waals surface area contributed by atoms with Crippen molar-refractivity contribution >= 4 is 19.8 Å². The van der Waals surface area contributed by atoms with Crippen LogP contribution in [0.1, 0.15) is 33.3 Å². The molecular weight excluding hydrogens is 436 g/mol. The molecule has 0 aliphatic rings. The highest BCUT2D eigenvalue weighted by atomic mass is 28.3. The molecule has 2 aromatic carbocycles. The number of amides is 1. The Morgan fingerprint density at radius 2 is 1.64 bits per heavy atom. The highest BCUT2D eigenvalue weighted by Gasteiger charge is 2.31. The number of benzene rings is 2. The molecular formula is C25H30N2O5Si. The van der Waals surface area contributed by atoms with Crippen LogP contribution in [-0.2, 0) is 17.3 Å². The molecule has 8 heteroatoms. The monoisotopic (exact) mass is 466 g/mol. The molecule has 0 spiro atoms. The number of nitrogens with zero attached hydrogens (tertiary/aromatic N) is 1. The van der Waals surface area contributed by atoms with Crippen LogP contribution in [-0.4, -0.2) is 44.0 Å². The molecule has 0 fully saturated rings. The van der Waals surface area contributed by atoms with E-state index in [1.165, 1.54) is 17.5 Å². The largest absolute Gasteiger partial charge is 0.497 e. The van der Waals surface area contributed by atoms with Crippen LogP contribution in [0, 0.1) is 0 Å². The summed E-state index contributed by atoms with van der Waals surface area (Å²) < 4.78 is 10.2. The van der Waals surface area contributed by atoms with Crippen LogP contribution >= 0.6 is 0 Å². The number of hydrogen-bond acceptors (Lipinski definition) is 5. The number of likely N-dealkylation sites (N-methyl/N-ethyl adjacent to an activating group) is 1. The third-order valence-corrected chi connectivity index (χ3v) is 6.78. The lowest BCUT2D eigenvalue weighted by molar-refractivity contribution is -0.122.